The quantitative estimate of drug-likeness (QED) is 0.875. The van der Waals surface area contributed by atoms with E-state index in [1.807, 2.05) is 41.5 Å². The summed E-state index contributed by atoms with van der Waals surface area (Å²) in [5.41, 5.74) is 4.05. The lowest BCUT2D eigenvalue weighted by Gasteiger charge is -2.31. The minimum Gasteiger partial charge on any atom is -0.334 e. The van der Waals surface area contributed by atoms with Crippen LogP contribution in [0.1, 0.15) is 66.1 Å². The molecule has 23 heavy (non-hydrogen) atoms. The number of fused-ring (bicyclic) bond motifs is 1. The van der Waals surface area contributed by atoms with Crippen LogP contribution in [0.3, 0.4) is 0 Å². The van der Waals surface area contributed by atoms with Crippen molar-refractivity contribution in [2.45, 2.75) is 52.1 Å². The molecule has 1 aliphatic carbocycles. The van der Waals surface area contributed by atoms with Crippen LogP contribution in [0.4, 0.5) is 0 Å². The maximum atomic E-state index is 13.0. The fraction of sp³-hybridized carbons (Fsp3) is 0.588. The van der Waals surface area contributed by atoms with Crippen LogP contribution in [-0.4, -0.2) is 37.4 Å². The fourth-order valence-electron chi connectivity index (χ4n) is 3.57. The zero-order valence-electron chi connectivity index (χ0n) is 14.6. The van der Waals surface area contributed by atoms with E-state index in [-0.39, 0.29) is 18.0 Å². The van der Waals surface area contributed by atoms with Crippen LogP contribution in [0.25, 0.3) is 0 Å². The molecule has 0 bridgehead atoms. The number of amides is 1. The molecule has 1 aliphatic rings. The summed E-state index contributed by atoms with van der Waals surface area (Å²) in [6.45, 7) is 6.10. The molecule has 6 nitrogen and oxygen atoms in total. The number of carbonyl (C=O) groups is 1. The van der Waals surface area contributed by atoms with Crippen LogP contribution in [0.15, 0.2) is 12.4 Å². The van der Waals surface area contributed by atoms with Crippen LogP contribution in [0.5, 0.6) is 0 Å². The van der Waals surface area contributed by atoms with E-state index in [9.17, 15) is 4.79 Å². The molecule has 124 valence electrons. The van der Waals surface area contributed by atoms with Gasteiger partial charge in [-0.1, -0.05) is 0 Å². The van der Waals surface area contributed by atoms with Gasteiger partial charge in [0.25, 0.3) is 5.91 Å². The minimum atomic E-state index is 0.0381. The maximum absolute atomic E-state index is 13.0. The summed E-state index contributed by atoms with van der Waals surface area (Å²) in [5.74, 6) is 0.0381. The number of rotatable bonds is 3. The van der Waals surface area contributed by atoms with Gasteiger partial charge in [0, 0.05) is 37.1 Å². The molecule has 3 rings (SSSR count). The van der Waals surface area contributed by atoms with Gasteiger partial charge in [0.1, 0.15) is 0 Å². The first-order chi connectivity index (χ1) is 10.9. The van der Waals surface area contributed by atoms with Crippen molar-refractivity contribution in [1.82, 2.24) is 24.5 Å². The lowest BCUT2D eigenvalue weighted by molar-refractivity contribution is 0.0713. The number of hydrogen-bond donors (Lipinski definition) is 0. The molecular weight excluding hydrogens is 290 g/mol. The molecule has 2 heterocycles. The molecule has 0 saturated heterocycles. The average molecular weight is 315 g/mol. The van der Waals surface area contributed by atoms with Crippen LogP contribution in [-0.2, 0) is 13.5 Å². The number of nitrogens with zero attached hydrogens (tertiary/aromatic N) is 5. The molecule has 2 aromatic rings. The third-order valence-electron chi connectivity index (χ3n) is 4.90. The topological polar surface area (TPSA) is 56.0 Å². The lowest BCUT2D eigenvalue weighted by atomic mass is 9.91. The molecule has 2 aromatic heterocycles. The standard InChI is InChI=1S/C17H25N5O/c1-11(2)22-12(3)13(9-19-22)17(23)20(4)15-7-6-8-16-14(15)10-18-21(16)5/h9-11,15H,6-8H2,1-5H3. The summed E-state index contributed by atoms with van der Waals surface area (Å²) in [6.07, 6.45) is 6.71. The van der Waals surface area contributed by atoms with Gasteiger partial charge in [0.05, 0.1) is 24.0 Å². The van der Waals surface area contributed by atoms with Crippen molar-refractivity contribution in [3.05, 3.63) is 34.9 Å². The minimum absolute atomic E-state index is 0.0381. The second kappa shape index (κ2) is 5.83. The number of aryl methyl sites for hydroxylation is 1. The molecule has 1 unspecified atom stereocenters. The highest BCUT2D eigenvalue weighted by Crippen LogP contribution is 2.34. The van der Waals surface area contributed by atoms with Crippen LogP contribution >= 0.6 is 0 Å². The number of aromatic nitrogens is 4. The van der Waals surface area contributed by atoms with E-state index < -0.39 is 0 Å². The van der Waals surface area contributed by atoms with Gasteiger partial charge < -0.3 is 4.90 Å². The first-order valence-corrected chi connectivity index (χ1v) is 8.23. The van der Waals surface area contributed by atoms with E-state index in [0.29, 0.717) is 5.56 Å². The summed E-state index contributed by atoms with van der Waals surface area (Å²) in [4.78, 5) is 14.8. The SMILES string of the molecule is Cc1c(C(=O)N(C)C2CCCc3c2cnn3C)cnn1C(C)C. The van der Waals surface area contributed by atoms with Gasteiger partial charge in [-0.3, -0.25) is 14.2 Å². The Balaban J connectivity index is 1.89. The monoisotopic (exact) mass is 315 g/mol. The molecule has 1 amide bonds. The van der Waals surface area contributed by atoms with Gasteiger partial charge in [-0.2, -0.15) is 10.2 Å². The first kappa shape index (κ1) is 15.8. The molecule has 0 aliphatic heterocycles. The van der Waals surface area contributed by atoms with E-state index in [4.69, 9.17) is 0 Å². The second-order valence-electron chi connectivity index (χ2n) is 6.68. The van der Waals surface area contributed by atoms with Crippen molar-refractivity contribution in [2.24, 2.45) is 7.05 Å². The third-order valence-corrected chi connectivity index (χ3v) is 4.90. The Bertz CT molecular complexity index is 727. The van der Waals surface area contributed by atoms with E-state index >= 15 is 0 Å². The number of hydrogen-bond acceptors (Lipinski definition) is 3. The predicted molar refractivity (Wildman–Crippen MR) is 88.3 cm³/mol. The molecule has 0 N–H and O–H groups in total. The summed E-state index contributed by atoms with van der Waals surface area (Å²) in [7, 11) is 3.86. The van der Waals surface area contributed by atoms with Crippen molar-refractivity contribution in [3.63, 3.8) is 0 Å². The third kappa shape index (κ3) is 2.56. The lowest BCUT2D eigenvalue weighted by Crippen LogP contribution is -2.33. The van der Waals surface area contributed by atoms with Crippen molar-refractivity contribution in [2.75, 3.05) is 7.05 Å². The van der Waals surface area contributed by atoms with Crippen LogP contribution in [0.2, 0.25) is 0 Å². The number of carbonyl (C=O) groups excluding carboxylic acids is 1. The molecule has 0 spiro atoms. The summed E-state index contributed by atoms with van der Waals surface area (Å²) >= 11 is 0. The van der Waals surface area contributed by atoms with Crippen molar-refractivity contribution < 1.29 is 4.79 Å². The molecule has 0 aromatic carbocycles. The van der Waals surface area contributed by atoms with Gasteiger partial charge in [-0.05, 0) is 40.0 Å². The Morgan fingerprint density at radius 3 is 2.74 bits per heavy atom. The predicted octanol–water partition coefficient (Wildman–Crippen LogP) is 2.66. The molecule has 0 saturated carbocycles. The van der Waals surface area contributed by atoms with E-state index in [2.05, 4.69) is 24.0 Å². The zero-order valence-corrected chi connectivity index (χ0v) is 14.6. The van der Waals surface area contributed by atoms with E-state index in [0.717, 1.165) is 25.0 Å². The highest BCUT2D eigenvalue weighted by molar-refractivity contribution is 5.95. The zero-order chi connectivity index (χ0) is 16.7. The molecule has 0 radical (unpaired) electrons. The van der Waals surface area contributed by atoms with Gasteiger partial charge in [0.15, 0.2) is 0 Å². The molecule has 1 atom stereocenters. The van der Waals surface area contributed by atoms with Crippen molar-refractivity contribution in [1.29, 1.82) is 0 Å². The summed E-state index contributed by atoms with van der Waals surface area (Å²) in [5, 5.41) is 8.74. The largest absolute Gasteiger partial charge is 0.334 e. The smallest absolute Gasteiger partial charge is 0.257 e. The van der Waals surface area contributed by atoms with Gasteiger partial charge >= 0.3 is 0 Å². The van der Waals surface area contributed by atoms with E-state index in [1.54, 1.807) is 6.20 Å². The molecule has 0 fully saturated rings. The fourth-order valence-corrected chi connectivity index (χ4v) is 3.57. The Kier molecular flexibility index (Phi) is 4.00. The molecule has 6 heteroatoms. The Hall–Kier alpha value is -2.11. The summed E-state index contributed by atoms with van der Waals surface area (Å²) in [6, 6.07) is 0.350. The molecular formula is C17H25N5O. The van der Waals surface area contributed by atoms with E-state index in [1.165, 1.54) is 11.3 Å². The Morgan fingerprint density at radius 2 is 2.09 bits per heavy atom. The average Bonchev–Trinajstić information content (AvgIpc) is 3.09. The van der Waals surface area contributed by atoms with Gasteiger partial charge in [-0.15, -0.1) is 0 Å². The first-order valence-electron chi connectivity index (χ1n) is 8.23. The Morgan fingerprint density at radius 1 is 1.35 bits per heavy atom. The van der Waals surface area contributed by atoms with Gasteiger partial charge in [0.2, 0.25) is 0 Å². The highest BCUT2D eigenvalue weighted by Gasteiger charge is 2.30. The van der Waals surface area contributed by atoms with Crippen LogP contribution < -0.4 is 0 Å². The Labute approximate surface area is 137 Å². The maximum Gasteiger partial charge on any atom is 0.257 e. The highest BCUT2D eigenvalue weighted by atomic mass is 16.2. The van der Waals surface area contributed by atoms with Crippen molar-refractivity contribution >= 4 is 5.91 Å². The van der Waals surface area contributed by atoms with Gasteiger partial charge in [-0.25, -0.2) is 0 Å². The van der Waals surface area contributed by atoms with Crippen molar-refractivity contribution in [3.8, 4) is 0 Å². The summed E-state index contributed by atoms with van der Waals surface area (Å²) < 4.78 is 3.83. The second-order valence-corrected chi connectivity index (χ2v) is 6.68. The normalized spacial score (nSPS) is 17.4. The van der Waals surface area contributed by atoms with Crippen LogP contribution in [0, 0.1) is 6.92 Å².